The fraction of sp³-hybridized carbons (Fsp3) is 0.200. The maximum Gasteiger partial charge on any atom is 0.340 e. The highest BCUT2D eigenvalue weighted by atomic mass is 16.5. The molecule has 0 atom stereocenters. The summed E-state index contributed by atoms with van der Waals surface area (Å²) >= 11 is 0. The summed E-state index contributed by atoms with van der Waals surface area (Å²) in [6.45, 7) is 1.91. The fourth-order valence-electron chi connectivity index (χ4n) is 2.46. The normalized spacial score (nSPS) is 10.4. The van der Waals surface area contributed by atoms with E-state index in [0.29, 0.717) is 17.2 Å². The van der Waals surface area contributed by atoms with Crippen molar-refractivity contribution in [2.45, 2.75) is 13.5 Å². The molecule has 8 nitrogen and oxygen atoms in total. The van der Waals surface area contributed by atoms with Gasteiger partial charge >= 0.3 is 5.97 Å². The quantitative estimate of drug-likeness (QED) is 0.631. The minimum absolute atomic E-state index is 0.0752. The lowest BCUT2D eigenvalue weighted by molar-refractivity contribution is 0.0463. The van der Waals surface area contributed by atoms with Gasteiger partial charge in [-0.1, -0.05) is 29.8 Å². The number of hydrogen-bond donors (Lipinski definition) is 2. The zero-order valence-corrected chi connectivity index (χ0v) is 16.0. The van der Waals surface area contributed by atoms with Gasteiger partial charge in [-0.25, -0.2) is 4.79 Å². The van der Waals surface area contributed by atoms with Crippen LogP contribution in [0.2, 0.25) is 0 Å². The number of carbonyl (C=O) groups is 1. The number of nitrogens with one attached hydrogen (secondary N) is 1. The van der Waals surface area contributed by atoms with E-state index in [1.54, 1.807) is 31.1 Å². The summed E-state index contributed by atoms with van der Waals surface area (Å²) in [7, 11) is 3.58. The Morgan fingerprint density at radius 3 is 2.50 bits per heavy atom. The van der Waals surface area contributed by atoms with E-state index in [1.165, 1.54) is 0 Å². The Hall–Kier alpha value is -3.68. The number of esters is 1. The fourth-order valence-corrected chi connectivity index (χ4v) is 2.46. The Morgan fingerprint density at radius 1 is 1.07 bits per heavy atom. The maximum atomic E-state index is 12.6. The van der Waals surface area contributed by atoms with Crippen LogP contribution in [-0.4, -0.2) is 35.0 Å². The molecule has 144 valence electrons. The molecule has 0 unspecified atom stereocenters. The van der Waals surface area contributed by atoms with Crippen LogP contribution in [0.1, 0.15) is 21.7 Å². The first-order valence-electron chi connectivity index (χ1n) is 8.70. The van der Waals surface area contributed by atoms with Crippen molar-refractivity contribution in [3.05, 3.63) is 65.5 Å². The van der Waals surface area contributed by atoms with E-state index in [-0.39, 0.29) is 18.4 Å². The lowest BCUT2D eigenvalue weighted by Gasteiger charge is -2.13. The standard InChI is InChI=1S/C20H22N6O2/c1-13-8-10-14(11-9-13)22-16-7-5-4-6-15(16)18(27)28-12-17-23-19(21)25-20(24-17)26(2)3/h4-11,22H,12H2,1-3H3,(H2,21,23,24,25). The van der Waals surface area contributed by atoms with Gasteiger partial charge in [0.25, 0.3) is 0 Å². The molecule has 2 aromatic carbocycles. The number of para-hydroxylation sites is 1. The number of carbonyl (C=O) groups excluding carboxylic acids is 1. The van der Waals surface area contributed by atoms with E-state index in [0.717, 1.165) is 11.3 Å². The minimum atomic E-state index is -0.486. The molecule has 0 saturated heterocycles. The van der Waals surface area contributed by atoms with E-state index in [4.69, 9.17) is 10.5 Å². The SMILES string of the molecule is Cc1ccc(Nc2ccccc2C(=O)OCc2nc(N)nc(N(C)C)n2)cc1. The van der Waals surface area contributed by atoms with E-state index < -0.39 is 5.97 Å². The zero-order valence-electron chi connectivity index (χ0n) is 16.0. The van der Waals surface area contributed by atoms with Crippen molar-refractivity contribution in [1.82, 2.24) is 15.0 Å². The molecule has 3 aromatic rings. The van der Waals surface area contributed by atoms with Gasteiger partial charge in [0.15, 0.2) is 12.4 Å². The Morgan fingerprint density at radius 2 is 1.79 bits per heavy atom. The molecule has 0 aliphatic carbocycles. The van der Waals surface area contributed by atoms with Crippen LogP contribution in [-0.2, 0) is 11.3 Å². The molecule has 0 fully saturated rings. The van der Waals surface area contributed by atoms with Crippen molar-refractivity contribution >= 4 is 29.2 Å². The number of aromatic nitrogens is 3. The summed E-state index contributed by atoms with van der Waals surface area (Å²) < 4.78 is 5.40. The molecule has 0 saturated carbocycles. The largest absolute Gasteiger partial charge is 0.454 e. The zero-order chi connectivity index (χ0) is 20.1. The highest BCUT2D eigenvalue weighted by molar-refractivity contribution is 5.96. The van der Waals surface area contributed by atoms with Crippen molar-refractivity contribution in [2.24, 2.45) is 0 Å². The summed E-state index contributed by atoms with van der Waals surface area (Å²) in [4.78, 5) is 26.6. The average Bonchev–Trinajstić information content (AvgIpc) is 2.68. The molecule has 0 aliphatic heterocycles. The Balaban J connectivity index is 1.74. The molecule has 1 heterocycles. The van der Waals surface area contributed by atoms with Crippen molar-refractivity contribution in [3.63, 3.8) is 0 Å². The van der Waals surface area contributed by atoms with Gasteiger partial charge in [0, 0.05) is 19.8 Å². The van der Waals surface area contributed by atoms with Crippen LogP contribution in [0.3, 0.4) is 0 Å². The van der Waals surface area contributed by atoms with Gasteiger partial charge in [-0.05, 0) is 31.2 Å². The average molecular weight is 378 g/mol. The first kappa shape index (κ1) is 19.1. The Kier molecular flexibility index (Phi) is 5.69. The molecule has 8 heteroatoms. The number of ether oxygens (including phenoxy) is 1. The van der Waals surface area contributed by atoms with Gasteiger partial charge in [-0.15, -0.1) is 0 Å². The first-order valence-corrected chi connectivity index (χ1v) is 8.70. The number of rotatable bonds is 6. The van der Waals surface area contributed by atoms with Crippen LogP contribution in [0.4, 0.5) is 23.3 Å². The van der Waals surface area contributed by atoms with Gasteiger partial charge in [-0.2, -0.15) is 15.0 Å². The second-order valence-corrected chi connectivity index (χ2v) is 6.42. The van der Waals surface area contributed by atoms with Crippen LogP contribution in [0, 0.1) is 6.92 Å². The van der Waals surface area contributed by atoms with Gasteiger partial charge in [-0.3, -0.25) is 0 Å². The van der Waals surface area contributed by atoms with Crippen LogP contribution >= 0.6 is 0 Å². The third-order valence-electron chi connectivity index (χ3n) is 3.90. The molecule has 1 aromatic heterocycles. The number of anilines is 4. The third kappa shape index (κ3) is 4.73. The predicted molar refractivity (Wildman–Crippen MR) is 109 cm³/mol. The number of aryl methyl sites for hydroxylation is 1. The maximum absolute atomic E-state index is 12.6. The second kappa shape index (κ2) is 8.34. The molecule has 0 amide bonds. The number of nitrogens with zero attached hydrogens (tertiary/aromatic N) is 4. The van der Waals surface area contributed by atoms with E-state index in [9.17, 15) is 4.79 Å². The van der Waals surface area contributed by atoms with Gasteiger partial charge in [0.1, 0.15) is 0 Å². The smallest absolute Gasteiger partial charge is 0.340 e. The number of hydrogen-bond acceptors (Lipinski definition) is 8. The van der Waals surface area contributed by atoms with Crippen LogP contribution in [0.25, 0.3) is 0 Å². The number of nitrogen functional groups attached to an aromatic ring is 1. The summed E-state index contributed by atoms with van der Waals surface area (Å²) in [5, 5.41) is 3.24. The summed E-state index contributed by atoms with van der Waals surface area (Å²) in [5.74, 6) is 0.278. The van der Waals surface area contributed by atoms with Crippen molar-refractivity contribution < 1.29 is 9.53 Å². The first-order chi connectivity index (χ1) is 13.4. The molecule has 0 bridgehead atoms. The molecular formula is C20H22N6O2. The van der Waals surface area contributed by atoms with Crippen LogP contribution < -0.4 is 16.0 Å². The van der Waals surface area contributed by atoms with Gasteiger partial charge in [0.05, 0.1) is 11.3 Å². The Labute approximate surface area is 163 Å². The van der Waals surface area contributed by atoms with E-state index in [2.05, 4.69) is 20.3 Å². The predicted octanol–water partition coefficient (Wildman–Crippen LogP) is 2.93. The van der Waals surface area contributed by atoms with Crippen LogP contribution in [0.5, 0.6) is 0 Å². The highest BCUT2D eigenvalue weighted by Gasteiger charge is 2.14. The molecule has 0 radical (unpaired) electrons. The molecule has 3 rings (SSSR count). The van der Waals surface area contributed by atoms with Crippen molar-refractivity contribution in [3.8, 4) is 0 Å². The molecule has 0 spiro atoms. The summed E-state index contributed by atoms with van der Waals surface area (Å²) in [6.07, 6.45) is 0. The van der Waals surface area contributed by atoms with Crippen molar-refractivity contribution in [1.29, 1.82) is 0 Å². The summed E-state index contributed by atoms with van der Waals surface area (Å²) in [5.41, 5.74) is 8.80. The number of benzene rings is 2. The van der Waals surface area contributed by atoms with Gasteiger partial charge in [0.2, 0.25) is 11.9 Å². The highest BCUT2D eigenvalue weighted by Crippen LogP contribution is 2.22. The topological polar surface area (TPSA) is 106 Å². The lowest BCUT2D eigenvalue weighted by Crippen LogP contribution is -2.17. The van der Waals surface area contributed by atoms with Crippen LogP contribution in [0.15, 0.2) is 48.5 Å². The Bertz CT molecular complexity index is 973. The molecule has 3 N–H and O–H groups in total. The number of nitrogens with two attached hydrogens (primary N) is 1. The van der Waals surface area contributed by atoms with Crippen molar-refractivity contribution in [2.75, 3.05) is 30.0 Å². The summed E-state index contributed by atoms with van der Waals surface area (Å²) in [6, 6.07) is 15.0. The van der Waals surface area contributed by atoms with Gasteiger partial charge < -0.3 is 20.7 Å². The third-order valence-corrected chi connectivity index (χ3v) is 3.90. The second-order valence-electron chi connectivity index (χ2n) is 6.42. The molecule has 0 aliphatic rings. The van der Waals surface area contributed by atoms with E-state index in [1.807, 2.05) is 43.3 Å². The molecular weight excluding hydrogens is 356 g/mol. The van der Waals surface area contributed by atoms with E-state index >= 15 is 0 Å². The minimum Gasteiger partial charge on any atom is -0.454 e. The monoisotopic (exact) mass is 378 g/mol. The lowest BCUT2D eigenvalue weighted by atomic mass is 10.1. The molecule has 28 heavy (non-hydrogen) atoms.